The van der Waals surface area contributed by atoms with Gasteiger partial charge in [-0.15, -0.1) is 0 Å². The highest BCUT2D eigenvalue weighted by Crippen LogP contribution is 2.65. The fourth-order valence-electron chi connectivity index (χ4n) is 6.13. The maximum atomic E-state index is 11.2. The van der Waals surface area contributed by atoms with Gasteiger partial charge >= 0.3 is 0 Å². The molecule has 3 nitrogen and oxygen atoms in total. The van der Waals surface area contributed by atoms with Crippen molar-refractivity contribution in [2.24, 2.45) is 11.8 Å². The number of piperidine rings is 1. The number of nitrogens with two attached hydrogens (primary N) is 1. The summed E-state index contributed by atoms with van der Waals surface area (Å²) >= 11 is 0. The predicted molar refractivity (Wildman–Crippen MR) is 105 cm³/mol. The van der Waals surface area contributed by atoms with Gasteiger partial charge in [0.2, 0.25) is 0 Å². The first-order chi connectivity index (χ1) is 12.5. The minimum Gasteiger partial charge on any atom is -0.399 e. The molecule has 1 heterocycles. The Morgan fingerprint density at radius 2 is 1.69 bits per heavy atom. The van der Waals surface area contributed by atoms with Crippen molar-refractivity contribution < 1.29 is 5.11 Å². The molecule has 1 saturated carbocycles. The quantitative estimate of drug-likeness (QED) is 0.835. The molecule has 0 aromatic heterocycles. The fraction of sp³-hybridized carbons (Fsp3) is 0.478. The van der Waals surface area contributed by atoms with E-state index in [1.54, 1.807) is 0 Å². The second-order valence-electron chi connectivity index (χ2n) is 8.77. The van der Waals surface area contributed by atoms with E-state index in [1.165, 1.54) is 23.1 Å². The zero-order chi connectivity index (χ0) is 17.9. The van der Waals surface area contributed by atoms with Crippen molar-refractivity contribution in [3.8, 4) is 0 Å². The Balaban J connectivity index is 1.28. The third-order valence-electron chi connectivity index (χ3n) is 7.29. The highest BCUT2D eigenvalue weighted by Gasteiger charge is 2.67. The average molecular weight is 348 g/mol. The van der Waals surface area contributed by atoms with Crippen LogP contribution in [0.2, 0.25) is 0 Å². The van der Waals surface area contributed by atoms with Crippen LogP contribution in [-0.4, -0.2) is 35.2 Å². The molecule has 1 aliphatic heterocycles. The Morgan fingerprint density at radius 3 is 2.27 bits per heavy atom. The Kier molecular flexibility index (Phi) is 3.51. The number of anilines is 1. The van der Waals surface area contributed by atoms with Crippen molar-refractivity contribution in [1.82, 2.24) is 4.90 Å². The Labute approximate surface area is 155 Å². The van der Waals surface area contributed by atoms with Crippen LogP contribution in [0.15, 0.2) is 48.5 Å². The maximum absolute atomic E-state index is 11.2. The van der Waals surface area contributed by atoms with Crippen molar-refractivity contribution in [3.05, 3.63) is 65.2 Å². The van der Waals surface area contributed by atoms with Gasteiger partial charge in [-0.1, -0.05) is 43.3 Å². The fourth-order valence-corrected chi connectivity index (χ4v) is 6.13. The summed E-state index contributed by atoms with van der Waals surface area (Å²) in [5.41, 5.74) is 10.7. The smallest absolute Gasteiger partial charge is 0.0854 e. The second-order valence-corrected chi connectivity index (χ2v) is 8.77. The van der Waals surface area contributed by atoms with Crippen LogP contribution in [0, 0.1) is 11.8 Å². The molecule has 2 fully saturated rings. The Hall–Kier alpha value is -1.84. The largest absolute Gasteiger partial charge is 0.399 e. The Morgan fingerprint density at radius 1 is 1.04 bits per heavy atom. The minimum absolute atomic E-state index is 0.313. The molecule has 2 aromatic carbocycles. The van der Waals surface area contributed by atoms with Gasteiger partial charge in [0.15, 0.2) is 0 Å². The summed E-state index contributed by atoms with van der Waals surface area (Å²) in [6.07, 6.45) is 2.77. The van der Waals surface area contributed by atoms with Crippen molar-refractivity contribution in [1.29, 1.82) is 0 Å². The molecule has 26 heavy (non-hydrogen) atoms. The number of hydrogen-bond donors (Lipinski definition) is 2. The molecule has 2 atom stereocenters. The van der Waals surface area contributed by atoms with Crippen molar-refractivity contribution >= 4 is 5.69 Å². The van der Waals surface area contributed by atoms with E-state index >= 15 is 0 Å². The zero-order valence-corrected chi connectivity index (χ0v) is 15.5. The van der Waals surface area contributed by atoms with Crippen LogP contribution in [0.5, 0.6) is 0 Å². The number of rotatable bonds is 4. The van der Waals surface area contributed by atoms with Gasteiger partial charge < -0.3 is 10.8 Å². The first-order valence-corrected chi connectivity index (χ1v) is 9.92. The number of likely N-dealkylation sites (tertiary alicyclic amines) is 1. The molecule has 2 aromatic rings. The molecule has 3 aliphatic rings. The van der Waals surface area contributed by atoms with Gasteiger partial charge in [-0.3, -0.25) is 4.90 Å². The van der Waals surface area contributed by atoms with Crippen LogP contribution in [-0.2, 0) is 18.3 Å². The van der Waals surface area contributed by atoms with E-state index in [0.717, 1.165) is 38.2 Å². The Bertz CT molecular complexity index is 809. The molecule has 136 valence electrons. The molecule has 2 unspecified atom stereocenters. The lowest BCUT2D eigenvalue weighted by Crippen LogP contribution is -2.45. The molecule has 0 bridgehead atoms. The number of benzene rings is 2. The highest BCUT2D eigenvalue weighted by molar-refractivity contribution is 5.48. The summed E-state index contributed by atoms with van der Waals surface area (Å²) in [5, 5.41) is 11.2. The standard InChI is InChI=1S/C23H28N2O/c1-2-23(18-8-5-9-19(24)10-18)20-13-25(14-21(20)23)15-22(26)11-16-6-3-4-7-17(16)12-22/h3-10,20-21,26H,2,11-15,24H2,1H3. The molecular weight excluding hydrogens is 320 g/mol. The van der Waals surface area contributed by atoms with Gasteiger partial charge in [0.05, 0.1) is 5.60 Å². The van der Waals surface area contributed by atoms with E-state index in [2.05, 4.69) is 54.3 Å². The van der Waals surface area contributed by atoms with Crippen LogP contribution in [0.4, 0.5) is 5.69 Å². The number of aliphatic hydroxyl groups is 1. The van der Waals surface area contributed by atoms with Crippen LogP contribution >= 0.6 is 0 Å². The number of β-amino-alcohol motifs (C(OH)–C–C–N with tert-alkyl or cyclic N) is 1. The maximum Gasteiger partial charge on any atom is 0.0854 e. The molecule has 3 heteroatoms. The van der Waals surface area contributed by atoms with E-state index in [9.17, 15) is 5.11 Å². The van der Waals surface area contributed by atoms with Crippen molar-refractivity contribution in [2.45, 2.75) is 37.2 Å². The third-order valence-corrected chi connectivity index (χ3v) is 7.29. The van der Waals surface area contributed by atoms with Crippen molar-refractivity contribution in [3.63, 3.8) is 0 Å². The van der Waals surface area contributed by atoms with E-state index in [0.29, 0.717) is 17.3 Å². The first kappa shape index (κ1) is 16.3. The number of nitrogens with zero attached hydrogens (tertiary/aromatic N) is 1. The van der Waals surface area contributed by atoms with Gasteiger partial charge in [-0.05, 0) is 47.1 Å². The normalized spacial score (nSPS) is 31.6. The number of fused-ring (bicyclic) bond motifs is 2. The van der Waals surface area contributed by atoms with Crippen LogP contribution < -0.4 is 5.73 Å². The lowest BCUT2D eigenvalue weighted by Gasteiger charge is -2.32. The zero-order valence-electron chi connectivity index (χ0n) is 15.5. The van der Waals surface area contributed by atoms with Crippen LogP contribution in [0.25, 0.3) is 0 Å². The summed E-state index contributed by atoms with van der Waals surface area (Å²) in [6.45, 7) is 5.32. The average Bonchev–Trinajstić information content (AvgIpc) is 2.91. The lowest BCUT2D eigenvalue weighted by atomic mass is 9.87. The monoisotopic (exact) mass is 348 g/mol. The molecule has 0 amide bonds. The van der Waals surface area contributed by atoms with E-state index in [-0.39, 0.29) is 0 Å². The van der Waals surface area contributed by atoms with Gasteiger partial charge in [-0.2, -0.15) is 0 Å². The minimum atomic E-state index is -0.591. The molecule has 1 saturated heterocycles. The van der Waals surface area contributed by atoms with E-state index in [1.807, 2.05) is 6.07 Å². The molecule has 0 spiro atoms. The molecule has 0 radical (unpaired) electrons. The van der Waals surface area contributed by atoms with Gasteiger partial charge in [0.25, 0.3) is 0 Å². The summed E-state index contributed by atoms with van der Waals surface area (Å²) < 4.78 is 0. The second kappa shape index (κ2) is 5.58. The lowest BCUT2D eigenvalue weighted by molar-refractivity contribution is 0.0139. The first-order valence-electron chi connectivity index (χ1n) is 9.92. The number of nitrogen functional groups attached to an aromatic ring is 1. The summed E-state index contributed by atoms with van der Waals surface area (Å²) in [6, 6.07) is 17.0. The van der Waals surface area contributed by atoms with Gasteiger partial charge in [0.1, 0.15) is 0 Å². The molecular formula is C23H28N2O. The SMILES string of the molecule is CCC1(c2cccc(N)c2)C2CN(CC3(O)Cc4ccccc4C3)CC21. The predicted octanol–water partition coefficient (Wildman–Crippen LogP) is 3.01. The molecule has 2 aliphatic carbocycles. The third kappa shape index (κ3) is 2.34. The molecule has 3 N–H and O–H groups in total. The van der Waals surface area contributed by atoms with Gasteiger partial charge in [-0.25, -0.2) is 0 Å². The van der Waals surface area contributed by atoms with Crippen LogP contribution in [0.3, 0.4) is 0 Å². The molecule has 5 rings (SSSR count). The number of hydrogen-bond acceptors (Lipinski definition) is 3. The van der Waals surface area contributed by atoms with E-state index in [4.69, 9.17) is 5.73 Å². The summed E-state index contributed by atoms with van der Waals surface area (Å²) in [4.78, 5) is 2.50. The topological polar surface area (TPSA) is 49.5 Å². The highest BCUT2D eigenvalue weighted by atomic mass is 16.3. The van der Waals surface area contributed by atoms with Gasteiger partial charge in [0, 0.05) is 43.6 Å². The van der Waals surface area contributed by atoms with Crippen molar-refractivity contribution in [2.75, 3.05) is 25.4 Å². The summed E-state index contributed by atoms with van der Waals surface area (Å²) in [5.74, 6) is 1.42. The summed E-state index contributed by atoms with van der Waals surface area (Å²) in [7, 11) is 0. The van der Waals surface area contributed by atoms with Crippen LogP contribution in [0.1, 0.15) is 30.0 Å². The van der Waals surface area contributed by atoms with E-state index < -0.39 is 5.60 Å².